The second-order valence-corrected chi connectivity index (χ2v) is 4.52. The number of aliphatic hydroxyl groups is 1. The molecule has 1 aromatic rings. The van der Waals surface area contributed by atoms with Crippen molar-refractivity contribution in [2.24, 2.45) is 0 Å². The quantitative estimate of drug-likeness (QED) is 0.859. The number of ether oxygens (including phenoxy) is 1. The third-order valence-electron chi connectivity index (χ3n) is 3.34. The number of halogens is 1. The van der Waals surface area contributed by atoms with Crippen molar-refractivity contribution in [2.45, 2.75) is 24.7 Å². The largest absolute Gasteiger partial charge is 0.496 e. The van der Waals surface area contributed by atoms with Gasteiger partial charge in [0.15, 0.2) is 0 Å². The molecule has 1 saturated carbocycles. The van der Waals surface area contributed by atoms with Crippen molar-refractivity contribution in [3.8, 4) is 5.75 Å². The van der Waals surface area contributed by atoms with Gasteiger partial charge in [0, 0.05) is 16.0 Å². The Balaban J connectivity index is 2.49. The smallest absolute Gasteiger partial charge is 0.124 e. The molecule has 0 aromatic heterocycles. The molecule has 2 rings (SSSR count). The van der Waals surface area contributed by atoms with Crippen LogP contribution in [-0.4, -0.2) is 18.8 Å². The zero-order valence-electron chi connectivity index (χ0n) is 8.79. The standard InChI is InChI=1S/C12H15ClO2/c1-15-10-5-2-4-9(13)11(10)12(8-14)6-3-7-12/h2,4-5,14H,3,6-8H2,1H3. The summed E-state index contributed by atoms with van der Waals surface area (Å²) in [5.41, 5.74) is 0.812. The van der Waals surface area contributed by atoms with Gasteiger partial charge in [0.05, 0.1) is 13.7 Å². The number of methoxy groups -OCH3 is 1. The normalized spacial score (nSPS) is 18.3. The van der Waals surface area contributed by atoms with Crippen molar-refractivity contribution in [1.82, 2.24) is 0 Å². The van der Waals surface area contributed by atoms with Gasteiger partial charge in [-0.15, -0.1) is 0 Å². The molecule has 15 heavy (non-hydrogen) atoms. The van der Waals surface area contributed by atoms with Crippen molar-refractivity contribution in [2.75, 3.05) is 13.7 Å². The van der Waals surface area contributed by atoms with Gasteiger partial charge in [-0.1, -0.05) is 24.1 Å². The molecule has 1 aliphatic rings. The van der Waals surface area contributed by atoms with Gasteiger partial charge >= 0.3 is 0 Å². The molecule has 0 aliphatic heterocycles. The summed E-state index contributed by atoms with van der Waals surface area (Å²) in [7, 11) is 1.64. The van der Waals surface area contributed by atoms with Gasteiger partial charge in [-0.2, -0.15) is 0 Å². The first-order valence-corrected chi connectivity index (χ1v) is 5.55. The number of hydrogen-bond donors (Lipinski definition) is 1. The van der Waals surface area contributed by atoms with Crippen LogP contribution in [0.5, 0.6) is 5.75 Å². The summed E-state index contributed by atoms with van der Waals surface area (Å²) in [5, 5.41) is 10.2. The lowest BCUT2D eigenvalue weighted by atomic mass is 9.65. The predicted molar refractivity (Wildman–Crippen MR) is 60.6 cm³/mol. The van der Waals surface area contributed by atoms with Crippen molar-refractivity contribution >= 4 is 11.6 Å². The first-order valence-electron chi connectivity index (χ1n) is 5.17. The van der Waals surface area contributed by atoms with Gasteiger partial charge in [-0.25, -0.2) is 0 Å². The van der Waals surface area contributed by atoms with Crippen LogP contribution in [0.1, 0.15) is 24.8 Å². The summed E-state index contributed by atoms with van der Waals surface area (Å²) in [6, 6.07) is 5.63. The second kappa shape index (κ2) is 4.03. The predicted octanol–water partition coefficient (Wildman–Crippen LogP) is 2.76. The van der Waals surface area contributed by atoms with E-state index in [0.29, 0.717) is 5.02 Å². The maximum absolute atomic E-state index is 9.52. The number of hydrogen-bond acceptors (Lipinski definition) is 2. The Hall–Kier alpha value is -0.730. The van der Waals surface area contributed by atoms with Crippen LogP contribution in [0, 0.1) is 0 Å². The minimum absolute atomic E-state index is 0.146. The average Bonchev–Trinajstić information content (AvgIpc) is 2.19. The molecule has 0 unspecified atom stereocenters. The molecular formula is C12H15ClO2. The van der Waals surface area contributed by atoms with Crippen molar-refractivity contribution in [3.63, 3.8) is 0 Å². The van der Waals surface area contributed by atoms with E-state index in [1.165, 1.54) is 0 Å². The molecule has 0 bridgehead atoms. The summed E-state index contributed by atoms with van der Waals surface area (Å²) in [6.45, 7) is 0.146. The molecule has 1 aliphatic carbocycles. The molecule has 0 heterocycles. The molecule has 1 N–H and O–H groups in total. The SMILES string of the molecule is COc1cccc(Cl)c1C1(CO)CCC1. The van der Waals surface area contributed by atoms with Gasteiger partial charge < -0.3 is 9.84 Å². The van der Waals surface area contributed by atoms with Gasteiger partial charge in [-0.3, -0.25) is 0 Å². The highest BCUT2D eigenvalue weighted by molar-refractivity contribution is 6.31. The molecule has 1 fully saturated rings. The highest BCUT2D eigenvalue weighted by Crippen LogP contribution is 2.49. The first-order chi connectivity index (χ1) is 7.23. The average molecular weight is 227 g/mol. The molecule has 0 spiro atoms. The third-order valence-corrected chi connectivity index (χ3v) is 3.65. The third kappa shape index (κ3) is 1.62. The molecule has 1 aromatic carbocycles. The van der Waals surface area contributed by atoms with E-state index in [0.717, 1.165) is 30.6 Å². The van der Waals surface area contributed by atoms with Gasteiger partial charge in [0.25, 0.3) is 0 Å². The van der Waals surface area contributed by atoms with Gasteiger partial charge in [0.1, 0.15) is 5.75 Å². The number of rotatable bonds is 3. The van der Waals surface area contributed by atoms with E-state index in [2.05, 4.69) is 0 Å². The second-order valence-electron chi connectivity index (χ2n) is 4.11. The summed E-state index contributed by atoms with van der Waals surface area (Å²) in [4.78, 5) is 0. The molecule has 3 heteroatoms. The Kier molecular flexibility index (Phi) is 2.89. The zero-order valence-corrected chi connectivity index (χ0v) is 9.55. The van der Waals surface area contributed by atoms with E-state index in [-0.39, 0.29) is 12.0 Å². The van der Waals surface area contributed by atoms with E-state index in [1.54, 1.807) is 7.11 Å². The highest BCUT2D eigenvalue weighted by atomic mass is 35.5. The number of aliphatic hydroxyl groups excluding tert-OH is 1. The van der Waals surface area contributed by atoms with Crippen LogP contribution in [0.15, 0.2) is 18.2 Å². The molecule has 0 saturated heterocycles. The van der Waals surface area contributed by atoms with Crippen LogP contribution in [-0.2, 0) is 5.41 Å². The van der Waals surface area contributed by atoms with E-state index in [9.17, 15) is 5.11 Å². The Morgan fingerprint density at radius 2 is 2.20 bits per heavy atom. The summed E-state index contributed by atoms with van der Waals surface area (Å²) in [5.74, 6) is 0.788. The first kappa shape index (κ1) is 10.8. The molecule has 0 radical (unpaired) electrons. The molecular weight excluding hydrogens is 212 g/mol. The fraction of sp³-hybridized carbons (Fsp3) is 0.500. The Morgan fingerprint density at radius 3 is 2.67 bits per heavy atom. The topological polar surface area (TPSA) is 29.5 Å². The maximum Gasteiger partial charge on any atom is 0.124 e. The van der Waals surface area contributed by atoms with Crippen LogP contribution >= 0.6 is 11.6 Å². The van der Waals surface area contributed by atoms with Gasteiger partial charge in [-0.05, 0) is 25.0 Å². The minimum Gasteiger partial charge on any atom is -0.496 e. The molecule has 0 amide bonds. The van der Waals surface area contributed by atoms with Gasteiger partial charge in [0.2, 0.25) is 0 Å². The van der Waals surface area contributed by atoms with Crippen LogP contribution < -0.4 is 4.74 Å². The summed E-state index contributed by atoms with van der Waals surface area (Å²) in [6.07, 6.45) is 3.13. The van der Waals surface area contributed by atoms with Crippen molar-refractivity contribution in [3.05, 3.63) is 28.8 Å². The van der Waals surface area contributed by atoms with E-state index < -0.39 is 0 Å². The summed E-state index contributed by atoms with van der Waals surface area (Å²) >= 11 is 6.19. The van der Waals surface area contributed by atoms with Crippen LogP contribution in [0.25, 0.3) is 0 Å². The number of benzene rings is 1. The fourth-order valence-electron chi connectivity index (χ4n) is 2.28. The Morgan fingerprint density at radius 1 is 1.47 bits per heavy atom. The van der Waals surface area contributed by atoms with E-state index in [4.69, 9.17) is 16.3 Å². The molecule has 2 nitrogen and oxygen atoms in total. The maximum atomic E-state index is 9.52. The minimum atomic E-state index is -0.163. The lowest BCUT2D eigenvalue weighted by Gasteiger charge is -2.41. The van der Waals surface area contributed by atoms with E-state index in [1.807, 2.05) is 18.2 Å². The van der Waals surface area contributed by atoms with Crippen molar-refractivity contribution < 1.29 is 9.84 Å². The monoisotopic (exact) mass is 226 g/mol. The summed E-state index contributed by atoms with van der Waals surface area (Å²) < 4.78 is 5.31. The highest BCUT2D eigenvalue weighted by Gasteiger charge is 2.41. The lowest BCUT2D eigenvalue weighted by Crippen LogP contribution is -2.38. The Labute approximate surface area is 94.8 Å². The molecule has 0 atom stereocenters. The van der Waals surface area contributed by atoms with Crippen molar-refractivity contribution in [1.29, 1.82) is 0 Å². The van der Waals surface area contributed by atoms with Crippen LogP contribution in [0.4, 0.5) is 0 Å². The van der Waals surface area contributed by atoms with Crippen LogP contribution in [0.2, 0.25) is 5.02 Å². The lowest BCUT2D eigenvalue weighted by molar-refractivity contribution is 0.117. The fourth-order valence-corrected chi connectivity index (χ4v) is 2.65. The molecule has 82 valence electrons. The van der Waals surface area contributed by atoms with E-state index >= 15 is 0 Å². The zero-order chi connectivity index (χ0) is 10.9. The van der Waals surface area contributed by atoms with Crippen LogP contribution in [0.3, 0.4) is 0 Å². The Bertz CT molecular complexity index is 353.